The average molecular weight is 436 g/mol. The summed E-state index contributed by atoms with van der Waals surface area (Å²) < 4.78 is 94.0. The van der Waals surface area contributed by atoms with Crippen LogP contribution in [0.3, 0.4) is 0 Å². The van der Waals surface area contributed by atoms with E-state index in [1.165, 1.54) is 0 Å². The molecule has 0 rings (SSSR count). The molecule has 0 saturated heterocycles. The quantitative estimate of drug-likeness (QED) is 0.160. The molecular weight excluding hydrogens is 424 g/mol. The summed E-state index contributed by atoms with van der Waals surface area (Å²) >= 11 is 0. The van der Waals surface area contributed by atoms with E-state index in [1.807, 2.05) is 0 Å². The Morgan fingerprint density at radius 2 is 1.20 bits per heavy atom. The number of hydrogen-bond acceptors (Lipinski definition) is 12. The number of carboxylic acids is 1. The molecule has 0 radical (unpaired) electrons. The second-order valence-electron chi connectivity index (χ2n) is 4.41. The first-order chi connectivity index (χ1) is 10.7. The highest BCUT2D eigenvalue weighted by molar-refractivity contribution is 7.94. The monoisotopic (exact) mass is 436 g/mol. The topological polar surface area (TPSA) is 302 Å². The lowest BCUT2D eigenvalue weighted by Crippen LogP contribution is -2.81. The Balaban J connectivity index is 7.81. The second kappa shape index (κ2) is 6.31. The Morgan fingerprint density at radius 3 is 1.36 bits per heavy atom. The Kier molecular flexibility index (Phi) is 6.06. The maximum absolute atomic E-state index is 11.3. The second-order valence-corrected chi connectivity index (χ2v) is 9.07. The SMILES string of the molecule is O=C(O)[C@](O)([C@@](O)([C@](O)([C@H](O)CO)S(=O)(=O)O)S(=O)(=O)O)S(=O)(=O)O. The molecular formula is C6H12O16S3. The summed E-state index contributed by atoms with van der Waals surface area (Å²) in [4.78, 5) is -6.01. The standard InChI is InChI=1S/C6H12O16S3/c7-1-2(8)4(11,23(14,15)16)6(13,25(20,21)22)5(12,3(9)10)24(17,18)19/h2,7-8,11-13H,1H2,(H,9,10)(H,14,15,16)(H,17,18,19)(H,20,21,22)/t2-,4+,5-,6-/m1/s1. The van der Waals surface area contributed by atoms with Crippen molar-refractivity contribution in [3.8, 4) is 0 Å². The number of carbonyl (C=O) groups is 1. The molecule has 9 N–H and O–H groups in total. The molecule has 4 atom stereocenters. The number of rotatable bonds is 8. The van der Waals surface area contributed by atoms with Crippen LogP contribution in [0.4, 0.5) is 0 Å². The van der Waals surface area contributed by atoms with Gasteiger partial charge in [-0.2, -0.15) is 25.3 Å². The highest BCUT2D eigenvalue weighted by atomic mass is 32.2. The van der Waals surface area contributed by atoms with Crippen molar-refractivity contribution < 1.29 is 74.3 Å². The summed E-state index contributed by atoms with van der Waals surface area (Å²) in [6.45, 7) is -2.12. The van der Waals surface area contributed by atoms with Gasteiger partial charge in [0, 0.05) is 0 Å². The highest BCUT2D eigenvalue weighted by Crippen LogP contribution is 2.45. The lowest BCUT2D eigenvalue weighted by Gasteiger charge is -2.44. The van der Waals surface area contributed by atoms with E-state index >= 15 is 0 Å². The van der Waals surface area contributed by atoms with Crippen LogP contribution in [0.1, 0.15) is 0 Å². The number of carboxylic acid groups (broad SMARTS) is 1. The molecule has 0 aromatic rings. The third kappa shape index (κ3) is 3.02. The fourth-order valence-corrected chi connectivity index (χ4v) is 5.64. The third-order valence-corrected chi connectivity index (χ3v) is 7.18. The highest BCUT2D eigenvalue weighted by Gasteiger charge is 2.84. The van der Waals surface area contributed by atoms with Gasteiger partial charge in [0.05, 0.1) is 6.61 Å². The first-order valence-electron chi connectivity index (χ1n) is 5.28. The van der Waals surface area contributed by atoms with Gasteiger partial charge in [-0.3, -0.25) is 13.7 Å². The molecule has 0 saturated carbocycles. The van der Waals surface area contributed by atoms with E-state index in [2.05, 4.69) is 0 Å². The Hall–Kier alpha value is -1.00. The van der Waals surface area contributed by atoms with E-state index in [9.17, 15) is 50.5 Å². The molecule has 0 aliphatic heterocycles. The van der Waals surface area contributed by atoms with Crippen LogP contribution in [0.5, 0.6) is 0 Å². The van der Waals surface area contributed by atoms with Gasteiger partial charge in [0.1, 0.15) is 6.10 Å². The van der Waals surface area contributed by atoms with E-state index < -0.39 is 63.8 Å². The Morgan fingerprint density at radius 1 is 0.840 bits per heavy atom. The lowest BCUT2D eigenvalue weighted by atomic mass is 10.0. The van der Waals surface area contributed by atoms with E-state index in [4.69, 9.17) is 23.9 Å². The summed E-state index contributed by atoms with van der Waals surface area (Å²) in [5.74, 6) is -3.48. The molecule has 0 spiro atoms. The number of aliphatic hydroxyl groups excluding tert-OH is 2. The van der Waals surface area contributed by atoms with Crippen molar-refractivity contribution >= 4 is 36.3 Å². The van der Waals surface area contributed by atoms with Gasteiger partial charge in [0.2, 0.25) is 0 Å². The fraction of sp³-hybridized carbons (Fsp3) is 0.833. The van der Waals surface area contributed by atoms with Gasteiger partial charge >= 0.3 is 41.3 Å². The van der Waals surface area contributed by atoms with Gasteiger partial charge in [-0.25, -0.2) is 4.79 Å². The molecule has 0 amide bonds. The summed E-state index contributed by atoms with van der Waals surface area (Å²) in [6, 6.07) is 0. The van der Waals surface area contributed by atoms with Gasteiger partial charge in [-0.1, -0.05) is 0 Å². The molecule has 0 unspecified atom stereocenters. The number of aliphatic carboxylic acids is 1. The number of aliphatic hydroxyl groups is 5. The van der Waals surface area contributed by atoms with Gasteiger partial charge < -0.3 is 30.6 Å². The molecule has 16 nitrogen and oxygen atoms in total. The number of hydrogen-bond donors (Lipinski definition) is 9. The van der Waals surface area contributed by atoms with Crippen molar-refractivity contribution in [3.05, 3.63) is 0 Å². The fourth-order valence-electron chi connectivity index (χ4n) is 1.73. The van der Waals surface area contributed by atoms with Crippen LogP contribution >= 0.6 is 0 Å². The van der Waals surface area contributed by atoms with Crippen LogP contribution in [-0.2, 0) is 35.1 Å². The molecule has 150 valence electrons. The zero-order valence-electron chi connectivity index (χ0n) is 11.4. The van der Waals surface area contributed by atoms with Crippen LogP contribution in [0, 0.1) is 0 Å². The van der Waals surface area contributed by atoms with Gasteiger partial charge in [0.25, 0.3) is 9.87 Å². The first-order valence-corrected chi connectivity index (χ1v) is 9.60. The average Bonchev–Trinajstić information content (AvgIpc) is 2.39. The Bertz CT molecular complexity index is 854. The summed E-state index contributed by atoms with van der Waals surface area (Å²) in [6.07, 6.45) is -3.65. The third-order valence-electron chi connectivity index (χ3n) is 3.00. The smallest absolute Gasteiger partial charge is 0.359 e. The lowest BCUT2D eigenvalue weighted by molar-refractivity contribution is -0.197. The van der Waals surface area contributed by atoms with Gasteiger partial charge in [0.15, 0.2) is 0 Å². The van der Waals surface area contributed by atoms with E-state index in [0.717, 1.165) is 0 Å². The molecule has 0 aromatic carbocycles. The molecule has 25 heavy (non-hydrogen) atoms. The summed E-state index contributed by atoms with van der Waals surface area (Å²) in [5, 5.41) is 55.8. The van der Waals surface area contributed by atoms with Gasteiger partial charge in [-0.05, 0) is 0 Å². The molecule has 19 heteroatoms. The summed E-state index contributed by atoms with van der Waals surface area (Å²) in [5.41, 5.74) is 0. The predicted molar refractivity (Wildman–Crippen MR) is 70.2 cm³/mol. The zero-order valence-corrected chi connectivity index (χ0v) is 13.8. The molecule has 0 fully saturated rings. The van der Waals surface area contributed by atoms with Crippen LogP contribution < -0.4 is 0 Å². The van der Waals surface area contributed by atoms with Crippen LogP contribution in [-0.4, -0.2) is 103 Å². The van der Waals surface area contributed by atoms with E-state index in [0.29, 0.717) is 0 Å². The van der Waals surface area contributed by atoms with Crippen molar-refractivity contribution in [2.75, 3.05) is 6.61 Å². The van der Waals surface area contributed by atoms with Crippen LogP contribution in [0.25, 0.3) is 0 Å². The predicted octanol–water partition coefficient (Wildman–Crippen LogP) is -5.85. The molecule has 0 aliphatic carbocycles. The van der Waals surface area contributed by atoms with Crippen molar-refractivity contribution in [1.29, 1.82) is 0 Å². The van der Waals surface area contributed by atoms with E-state index in [1.54, 1.807) is 0 Å². The minimum Gasteiger partial charge on any atom is -0.478 e. The van der Waals surface area contributed by atoms with Crippen molar-refractivity contribution in [2.24, 2.45) is 0 Å². The first kappa shape index (κ1) is 24.0. The molecule has 0 bridgehead atoms. The Labute approximate surface area is 138 Å². The van der Waals surface area contributed by atoms with Crippen LogP contribution in [0.2, 0.25) is 0 Å². The molecule has 0 heterocycles. The maximum atomic E-state index is 11.3. The largest absolute Gasteiger partial charge is 0.478 e. The molecule has 0 aliphatic rings. The van der Waals surface area contributed by atoms with Crippen molar-refractivity contribution in [2.45, 2.75) is 20.9 Å². The normalized spacial score (nSPS) is 22.2. The van der Waals surface area contributed by atoms with Crippen LogP contribution in [0.15, 0.2) is 0 Å². The van der Waals surface area contributed by atoms with Crippen molar-refractivity contribution in [3.63, 3.8) is 0 Å². The summed E-state index contributed by atoms with van der Waals surface area (Å²) in [7, 11) is -20.6. The zero-order chi connectivity index (χ0) is 20.9. The van der Waals surface area contributed by atoms with Gasteiger partial charge in [-0.15, -0.1) is 0 Å². The van der Waals surface area contributed by atoms with E-state index in [-0.39, 0.29) is 0 Å². The van der Waals surface area contributed by atoms with Crippen molar-refractivity contribution in [1.82, 2.24) is 0 Å². The minimum atomic E-state index is -7.02. The minimum absolute atomic E-state index is 2.12. The maximum Gasteiger partial charge on any atom is 0.359 e. The molecule has 0 aromatic heterocycles.